The number of carbonyl (C=O) groups excluding carboxylic acids is 1. The second-order valence-electron chi connectivity index (χ2n) is 7.54. The van der Waals surface area contributed by atoms with Crippen LogP contribution in [0, 0.1) is 11.8 Å². The van der Waals surface area contributed by atoms with Gasteiger partial charge in [0.25, 0.3) is 5.91 Å². The summed E-state index contributed by atoms with van der Waals surface area (Å²) in [6, 6.07) is 5.31. The number of likely N-dealkylation sites (tertiary alicyclic amines) is 2. The lowest BCUT2D eigenvalue weighted by Crippen LogP contribution is -2.60. The highest BCUT2D eigenvalue weighted by Crippen LogP contribution is 2.32. The van der Waals surface area contributed by atoms with E-state index in [2.05, 4.69) is 18.8 Å². The van der Waals surface area contributed by atoms with Gasteiger partial charge in [-0.3, -0.25) is 4.79 Å². The van der Waals surface area contributed by atoms with E-state index in [1.54, 1.807) is 30.2 Å². The molecule has 2 aliphatic heterocycles. The van der Waals surface area contributed by atoms with Gasteiger partial charge in [-0.05, 0) is 35.7 Å². The van der Waals surface area contributed by atoms with Crippen molar-refractivity contribution in [3.63, 3.8) is 0 Å². The van der Waals surface area contributed by atoms with Gasteiger partial charge in [-0.2, -0.15) is 0 Å². The van der Waals surface area contributed by atoms with Gasteiger partial charge in [0.1, 0.15) is 5.69 Å². The average molecular weight is 337 g/mol. The molecule has 3 rings (SSSR count). The van der Waals surface area contributed by atoms with Crippen molar-refractivity contribution in [1.29, 1.82) is 0 Å². The summed E-state index contributed by atoms with van der Waals surface area (Å²) in [5, 5.41) is -1.15. The summed E-state index contributed by atoms with van der Waals surface area (Å²) < 4.78 is 5.33. The van der Waals surface area contributed by atoms with Crippen molar-refractivity contribution in [3.8, 4) is 0 Å². The zero-order chi connectivity index (χ0) is 18.2. The Kier molecular flexibility index (Phi) is 5.26. The van der Waals surface area contributed by atoms with Crippen LogP contribution in [0.5, 0.6) is 0 Å². The van der Waals surface area contributed by atoms with E-state index in [9.17, 15) is 4.79 Å². The Hall–Kier alpha value is -1.33. The zero-order valence-electron chi connectivity index (χ0n) is 15.3. The van der Waals surface area contributed by atoms with Gasteiger partial charge in [-0.25, -0.2) is 4.98 Å². The first kappa shape index (κ1) is 18.5. The lowest BCUT2D eigenvalue weighted by atomic mass is 9.56. The van der Waals surface area contributed by atoms with Crippen molar-refractivity contribution in [1.82, 2.24) is 14.8 Å². The van der Waals surface area contributed by atoms with Gasteiger partial charge in [0, 0.05) is 39.0 Å². The Morgan fingerprint density at radius 2 is 2.04 bits per heavy atom. The minimum Gasteiger partial charge on any atom is -0.380 e. The van der Waals surface area contributed by atoms with Crippen LogP contribution in [0.1, 0.15) is 36.5 Å². The third-order valence-electron chi connectivity index (χ3n) is 5.52. The highest BCUT2D eigenvalue weighted by molar-refractivity contribution is 6.39. The predicted molar refractivity (Wildman–Crippen MR) is 98.6 cm³/mol. The molecule has 0 bridgehead atoms. The van der Waals surface area contributed by atoms with Gasteiger partial charge < -0.3 is 14.5 Å². The molecule has 2 fully saturated rings. The maximum atomic E-state index is 12.7. The summed E-state index contributed by atoms with van der Waals surface area (Å²) in [7, 11) is 14.4. The molecule has 0 N–H and O–H groups in total. The average Bonchev–Trinajstić information content (AvgIpc) is 3.01. The van der Waals surface area contributed by atoms with Crippen molar-refractivity contribution in [3.05, 3.63) is 29.6 Å². The molecule has 4 radical (unpaired) electrons. The number of hydrogen-bond donors (Lipinski definition) is 0. The number of pyridine rings is 1. The third kappa shape index (κ3) is 3.63. The molecule has 0 aromatic carbocycles. The van der Waals surface area contributed by atoms with Gasteiger partial charge in [-0.15, -0.1) is 0 Å². The number of aromatic nitrogens is 1. The maximum Gasteiger partial charge on any atom is 0.272 e. The summed E-state index contributed by atoms with van der Waals surface area (Å²) in [5.41, 5.74) is 0.915. The van der Waals surface area contributed by atoms with Gasteiger partial charge in [0.15, 0.2) is 0 Å². The SMILES string of the molecule is [B]C([B])(c1cccc(C(=O)N2CCC(OC)C2)n1)N1CC(C(C)C)C1. The van der Waals surface area contributed by atoms with Crippen molar-refractivity contribution in [2.45, 2.75) is 31.7 Å². The van der Waals surface area contributed by atoms with E-state index in [1.807, 2.05) is 4.90 Å². The zero-order valence-corrected chi connectivity index (χ0v) is 15.3. The molecule has 1 amide bonds. The molecule has 1 unspecified atom stereocenters. The Morgan fingerprint density at radius 1 is 1.32 bits per heavy atom. The van der Waals surface area contributed by atoms with E-state index in [0.29, 0.717) is 36.3 Å². The molecule has 130 valence electrons. The maximum absolute atomic E-state index is 12.7. The lowest BCUT2D eigenvalue weighted by molar-refractivity contribution is 0.0371. The molecular weight excluding hydrogens is 312 g/mol. The van der Waals surface area contributed by atoms with Crippen LogP contribution in [0.15, 0.2) is 18.2 Å². The fraction of sp³-hybridized carbons (Fsp3) is 0.667. The molecule has 2 aliphatic rings. The highest BCUT2D eigenvalue weighted by atomic mass is 16.5. The van der Waals surface area contributed by atoms with Crippen molar-refractivity contribution < 1.29 is 9.53 Å². The molecule has 1 aromatic heterocycles. The number of rotatable bonds is 5. The molecule has 25 heavy (non-hydrogen) atoms. The largest absolute Gasteiger partial charge is 0.380 e. The van der Waals surface area contributed by atoms with Crippen LogP contribution in [0.2, 0.25) is 0 Å². The summed E-state index contributed by atoms with van der Waals surface area (Å²) in [4.78, 5) is 21.0. The molecule has 0 aliphatic carbocycles. The van der Waals surface area contributed by atoms with Gasteiger partial charge >= 0.3 is 0 Å². The van der Waals surface area contributed by atoms with E-state index < -0.39 is 5.34 Å². The first-order chi connectivity index (χ1) is 11.8. The first-order valence-electron chi connectivity index (χ1n) is 8.95. The number of carbonyl (C=O) groups is 1. The normalized spacial score (nSPS) is 22.4. The Labute approximate surface area is 152 Å². The second kappa shape index (κ2) is 7.12. The number of amides is 1. The summed E-state index contributed by atoms with van der Waals surface area (Å²) in [6.07, 6.45) is 0.952. The highest BCUT2D eigenvalue weighted by Gasteiger charge is 2.39. The van der Waals surface area contributed by atoms with Gasteiger partial charge in [-0.1, -0.05) is 19.9 Å². The molecular formula is C18H25B2N3O2. The molecule has 5 nitrogen and oxygen atoms in total. The number of ether oxygens (including phenoxy) is 1. The van der Waals surface area contributed by atoms with Crippen LogP contribution in [0.3, 0.4) is 0 Å². The Balaban J connectivity index is 1.72. The molecule has 0 saturated carbocycles. The quantitative estimate of drug-likeness (QED) is 0.752. The summed E-state index contributed by atoms with van der Waals surface area (Å²) in [5.74, 6) is 1.12. The smallest absolute Gasteiger partial charge is 0.272 e. The molecule has 1 aromatic rings. The van der Waals surface area contributed by atoms with Crippen LogP contribution >= 0.6 is 0 Å². The van der Waals surface area contributed by atoms with Crippen LogP contribution < -0.4 is 0 Å². The van der Waals surface area contributed by atoms with Crippen molar-refractivity contribution in [2.75, 3.05) is 33.3 Å². The summed E-state index contributed by atoms with van der Waals surface area (Å²) >= 11 is 0. The lowest BCUT2D eigenvalue weighted by Gasteiger charge is -2.51. The van der Waals surface area contributed by atoms with E-state index >= 15 is 0 Å². The van der Waals surface area contributed by atoms with Gasteiger partial charge in [0.2, 0.25) is 0 Å². The predicted octanol–water partition coefficient (Wildman–Crippen LogP) is 0.978. The Bertz CT molecular complexity index is 633. The minimum absolute atomic E-state index is 0.0964. The van der Waals surface area contributed by atoms with Crippen LogP contribution in [0.4, 0.5) is 0 Å². The van der Waals surface area contributed by atoms with Crippen LogP contribution in [-0.4, -0.2) is 75.8 Å². The van der Waals surface area contributed by atoms with Crippen molar-refractivity contribution in [2.24, 2.45) is 11.8 Å². The standard InChI is InChI=1S/C18H25B2N3O2/c1-12(2)13-9-23(10-13)18(19,20)16-6-4-5-15(21-16)17(24)22-8-7-14(11-22)25-3/h4-6,12-14H,7-11H2,1-3H3. The summed E-state index contributed by atoms with van der Waals surface area (Å²) in [6.45, 7) is 7.40. The second-order valence-corrected chi connectivity index (χ2v) is 7.54. The topological polar surface area (TPSA) is 45.7 Å². The third-order valence-corrected chi connectivity index (χ3v) is 5.52. The van der Waals surface area contributed by atoms with E-state index in [4.69, 9.17) is 20.4 Å². The van der Waals surface area contributed by atoms with Crippen LogP contribution in [0.25, 0.3) is 0 Å². The fourth-order valence-electron chi connectivity index (χ4n) is 3.44. The number of hydrogen-bond acceptors (Lipinski definition) is 4. The van der Waals surface area contributed by atoms with Gasteiger partial charge in [0.05, 0.1) is 21.8 Å². The van der Waals surface area contributed by atoms with E-state index in [-0.39, 0.29) is 12.0 Å². The molecule has 0 spiro atoms. The molecule has 3 heterocycles. The molecule has 7 heteroatoms. The molecule has 2 saturated heterocycles. The van der Waals surface area contributed by atoms with E-state index in [0.717, 1.165) is 19.5 Å². The van der Waals surface area contributed by atoms with Crippen molar-refractivity contribution >= 4 is 21.6 Å². The minimum atomic E-state index is -1.15. The fourth-order valence-corrected chi connectivity index (χ4v) is 3.44. The number of nitrogens with zero attached hydrogens (tertiary/aromatic N) is 3. The molecule has 1 atom stereocenters. The number of methoxy groups -OCH3 is 1. The first-order valence-corrected chi connectivity index (χ1v) is 8.95. The van der Waals surface area contributed by atoms with Crippen LogP contribution in [-0.2, 0) is 10.1 Å². The monoisotopic (exact) mass is 337 g/mol. The Morgan fingerprint density at radius 3 is 2.64 bits per heavy atom. The van der Waals surface area contributed by atoms with E-state index in [1.165, 1.54) is 0 Å².